The van der Waals surface area contributed by atoms with E-state index in [1.807, 2.05) is 12.1 Å². The van der Waals surface area contributed by atoms with Crippen molar-refractivity contribution in [2.24, 2.45) is 0 Å². The monoisotopic (exact) mass is 248 g/mol. The Morgan fingerprint density at radius 2 is 1.89 bits per heavy atom. The van der Waals surface area contributed by atoms with Crippen molar-refractivity contribution in [3.63, 3.8) is 0 Å². The normalized spacial score (nSPS) is 9.67. The Kier molecular flexibility index (Phi) is 2.30. The van der Waals surface area contributed by atoms with Crippen molar-refractivity contribution in [2.45, 2.75) is 6.92 Å². The number of hydrogen-bond donors (Lipinski definition) is 0. The Balaban J connectivity index is 3.25. The van der Waals surface area contributed by atoms with Crippen LogP contribution < -0.4 is 0 Å². The molecule has 0 nitrogen and oxygen atoms in total. The van der Waals surface area contributed by atoms with Crippen LogP contribution in [0.4, 0.5) is 0 Å². The lowest BCUT2D eigenvalue weighted by atomic mass is 10.2. The van der Waals surface area contributed by atoms with Gasteiger partial charge in [0.2, 0.25) is 0 Å². The second-order valence-electron chi connectivity index (χ2n) is 1.87. The van der Waals surface area contributed by atoms with Crippen LogP contribution in [0.15, 0.2) is 27.1 Å². The number of aryl methyl sites for hydroxylation is 1. The van der Waals surface area contributed by atoms with E-state index in [-0.39, 0.29) is 0 Å². The van der Waals surface area contributed by atoms with Crippen LogP contribution in [-0.2, 0) is 0 Å². The highest BCUT2D eigenvalue weighted by Gasteiger charge is 1.95. The lowest BCUT2D eigenvalue weighted by Gasteiger charge is -1.97. The molecule has 0 fully saturated rings. The van der Waals surface area contributed by atoms with Gasteiger partial charge in [-0.25, -0.2) is 0 Å². The molecule has 1 aromatic rings. The maximum Gasteiger partial charge on any atom is 0.0346 e. The first-order chi connectivity index (χ1) is 4.22. The fourth-order valence-electron chi connectivity index (χ4n) is 0.612. The van der Waals surface area contributed by atoms with E-state index in [2.05, 4.69) is 44.8 Å². The van der Waals surface area contributed by atoms with Gasteiger partial charge in [0.15, 0.2) is 0 Å². The van der Waals surface area contributed by atoms with E-state index < -0.39 is 0 Å². The van der Waals surface area contributed by atoms with Gasteiger partial charge in [0.05, 0.1) is 0 Å². The largest absolute Gasteiger partial charge is 0.0608 e. The van der Waals surface area contributed by atoms with Gasteiger partial charge < -0.3 is 0 Å². The van der Waals surface area contributed by atoms with Crippen molar-refractivity contribution >= 4 is 31.9 Å². The Morgan fingerprint density at radius 3 is 2.33 bits per heavy atom. The average molecular weight is 250 g/mol. The number of benzene rings is 1. The fraction of sp³-hybridized carbons (Fsp3) is 0.143. The van der Waals surface area contributed by atoms with Crippen LogP contribution in [0.1, 0.15) is 5.56 Å². The second-order valence-corrected chi connectivity index (χ2v) is 3.52. The van der Waals surface area contributed by atoms with Crippen LogP contribution in [0.25, 0.3) is 0 Å². The summed E-state index contributed by atoms with van der Waals surface area (Å²) in [4.78, 5) is 0. The molecule has 0 saturated heterocycles. The van der Waals surface area contributed by atoms with Gasteiger partial charge >= 0.3 is 0 Å². The van der Waals surface area contributed by atoms with Gasteiger partial charge in [-0.1, -0.05) is 12.1 Å². The zero-order chi connectivity index (χ0) is 6.85. The van der Waals surface area contributed by atoms with Crippen LogP contribution in [0.2, 0.25) is 0 Å². The predicted octanol–water partition coefficient (Wildman–Crippen LogP) is 3.52. The first-order valence-electron chi connectivity index (χ1n) is 2.62. The maximum atomic E-state index is 3.43. The lowest BCUT2D eigenvalue weighted by Crippen LogP contribution is -1.73. The molecule has 0 aliphatic rings. The van der Waals surface area contributed by atoms with Gasteiger partial charge in [-0.15, -0.1) is 0 Å². The van der Waals surface area contributed by atoms with E-state index in [1.54, 1.807) is 0 Å². The minimum absolute atomic E-state index is 1.11. The van der Waals surface area contributed by atoms with Crippen molar-refractivity contribution in [3.05, 3.63) is 32.7 Å². The Hall–Kier alpha value is 0.180. The van der Waals surface area contributed by atoms with Gasteiger partial charge in [0.25, 0.3) is 0 Å². The summed E-state index contributed by atoms with van der Waals surface area (Å²) < 4.78 is 2.26. The third-order valence-electron chi connectivity index (χ3n) is 1.14. The molecule has 2 heteroatoms. The van der Waals surface area contributed by atoms with Crippen molar-refractivity contribution < 1.29 is 0 Å². The smallest absolute Gasteiger partial charge is 0.0346 e. The van der Waals surface area contributed by atoms with E-state index in [9.17, 15) is 0 Å². The van der Waals surface area contributed by atoms with Gasteiger partial charge in [-0.3, -0.25) is 0 Å². The molecule has 0 aliphatic carbocycles. The third-order valence-corrected chi connectivity index (χ3v) is 3.39. The molecule has 0 unspecified atom stereocenters. The van der Waals surface area contributed by atoms with Crippen LogP contribution >= 0.6 is 31.9 Å². The summed E-state index contributed by atoms with van der Waals surface area (Å²) in [5, 5.41) is 0. The average Bonchev–Trinajstić information content (AvgIpc) is 1.83. The molecule has 9 heavy (non-hydrogen) atoms. The highest BCUT2D eigenvalue weighted by molar-refractivity contribution is 9.13. The zero-order valence-corrected chi connectivity index (χ0v) is 8.16. The number of halogens is 2. The maximum absolute atomic E-state index is 3.43. The molecular weight excluding hydrogens is 244 g/mol. The fourth-order valence-corrected chi connectivity index (χ4v) is 1.34. The standard InChI is InChI=1S/C7H6Br2/c1-5-3-2-4-6(8)7(5)9/h2-4H,1H3. The predicted molar refractivity (Wildman–Crippen MR) is 46.6 cm³/mol. The summed E-state index contributed by atoms with van der Waals surface area (Å²) >= 11 is 6.83. The molecule has 0 heterocycles. The van der Waals surface area contributed by atoms with Crippen molar-refractivity contribution in [1.29, 1.82) is 0 Å². The molecule has 0 saturated carbocycles. The van der Waals surface area contributed by atoms with Gasteiger partial charge in [-0.05, 0) is 50.4 Å². The van der Waals surface area contributed by atoms with E-state index >= 15 is 0 Å². The molecule has 0 atom stereocenters. The van der Waals surface area contributed by atoms with E-state index in [0.29, 0.717) is 0 Å². The van der Waals surface area contributed by atoms with E-state index in [1.165, 1.54) is 5.56 Å². The summed E-state index contributed by atoms with van der Waals surface area (Å²) in [6, 6.07) is 6.09. The van der Waals surface area contributed by atoms with Crippen LogP contribution in [0.3, 0.4) is 0 Å². The van der Waals surface area contributed by atoms with Crippen LogP contribution in [0, 0.1) is 6.92 Å². The molecule has 0 spiro atoms. The first-order valence-corrected chi connectivity index (χ1v) is 4.21. The first kappa shape index (κ1) is 7.29. The van der Waals surface area contributed by atoms with E-state index in [4.69, 9.17) is 0 Å². The zero-order valence-electron chi connectivity index (χ0n) is 4.99. The molecule has 1 aromatic carbocycles. The Bertz CT molecular complexity index is 198. The van der Waals surface area contributed by atoms with Gasteiger partial charge in [0, 0.05) is 8.95 Å². The molecule has 1 rings (SSSR count). The summed E-state index contributed by atoms with van der Waals surface area (Å²) in [6.07, 6.45) is 0. The molecule has 0 amide bonds. The molecular formula is C7H6Br2. The minimum atomic E-state index is 1.11. The summed E-state index contributed by atoms with van der Waals surface area (Å²) in [5.41, 5.74) is 1.25. The van der Waals surface area contributed by atoms with Crippen molar-refractivity contribution in [2.75, 3.05) is 0 Å². The molecule has 0 bridgehead atoms. The summed E-state index contributed by atoms with van der Waals surface area (Å²) in [6.45, 7) is 2.06. The third kappa shape index (κ3) is 1.55. The molecule has 48 valence electrons. The minimum Gasteiger partial charge on any atom is -0.0608 e. The Labute approximate surface area is 71.5 Å². The summed E-state index contributed by atoms with van der Waals surface area (Å²) in [5.74, 6) is 0. The number of hydrogen-bond acceptors (Lipinski definition) is 0. The summed E-state index contributed by atoms with van der Waals surface area (Å²) in [7, 11) is 0. The quantitative estimate of drug-likeness (QED) is 0.660. The molecule has 0 aromatic heterocycles. The van der Waals surface area contributed by atoms with Crippen molar-refractivity contribution in [3.8, 4) is 0 Å². The SMILES string of the molecule is Cc1cccc(Br)c1Br. The van der Waals surface area contributed by atoms with Gasteiger partial charge in [-0.2, -0.15) is 0 Å². The second kappa shape index (κ2) is 2.84. The number of rotatable bonds is 0. The molecule has 0 aliphatic heterocycles. The highest BCUT2D eigenvalue weighted by atomic mass is 79.9. The van der Waals surface area contributed by atoms with Crippen LogP contribution in [-0.4, -0.2) is 0 Å². The van der Waals surface area contributed by atoms with E-state index in [0.717, 1.165) is 8.95 Å². The topological polar surface area (TPSA) is 0 Å². The van der Waals surface area contributed by atoms with Crippen LogP contribution in [0.5, 0.6) is 0 Å². The van der Waals surface area contributed by atoms with Crippen molar-refractivity contribution in [1.82, 2.24) is 0 Å². The Morgan fingerprint density at radius 1 is 1.22 bits per heavy atom. The molecule has 0 N–H and O–H groups in total. The molecule has 0 radical (unpaired) electrons. The highest BCUT2D eigenvalue weighted by Crippen LogP contribution is 2.25. The lowest BCUT2D eigenvalue weighted by molar-refractivity contribution is 1.41. The van der Waals surface area contributed by atoms with Gasteiger partial charge in [0.1, 0.15) is 0 Å².